The average molecular weight is 337 g/mol. The number of hydrogen-bond donors (Lipinski definition) is 1. The van der Waals surface area contributed by atoms with Gasteiger partial charge >= 0.3 is 0 Å². The summed E-state index contributed by atoms with van der Waals surface area (Å²) >= 11 is 0. The smallest absolute Gasteiger partial charge is 0.225 e. The van der Waals surface area contributed by atoms with E-state index in [0.29, 0.717) is 25.2 Å². The van der Waals surface area contributed by atoms with Gasteiger partial charge in [0.1, 0.15) is 0 Å². The molecule has 2 heterocycles. The molecule has 1 amide bonds. The first-order valence-corrected chi connectivity index (χ1v) is 8.54. The number of rotatable bonds is 7. The van der Waals surface area contributed by atoms with E-state index >= 15 is 0 Å². The largest absolute Gasteiger partial charge is 0.309 e. The minimum Gasteiger partial charge on any atom is -0.309 e. The van der Waals surface area contributed by atoms with Gasteiger partial charge in [-0.2, -0.15) is 10.2 Å². The number of aromatic nitrogens is 4. The number of anilines is 1. The molecule has 0 fully saturated rings. The van der Waals surface area contributed by atoms with Crippen molar-refractivity contribution in [3.63, 3.8) is 0 Å². The van der Waals surface area contributed by atoms with Crippen molar-refractivity contribution in [2.24, 2.45) is 0 Å². The lowest BCUT2D eigenvalue weighted by molar-refractivity contribution is -0.116. The fraction of sp³-hybridized carbons (Fsp3) is 0.316. The van der Waals surface area contributed by atoms with E-state index < -0.39 is 0 Å². The highest BCUT2D eigenvalue weighted by molar-refractivity contribution is 5.89. The highest BCUT2D eigenvalue weighted by Gasteiger charge is 2.09. The van der Waals surface area contributed by atoms with E-state index in [0.717, 1.165) is 17.8 Å². The molecule has 3 aromatic rings. The molecule has 1 N–H and O–H groups in total. The molecule has 0 unspecified atom stereocenters. The molecule has 1 aromatic carbocycles. The Bertz CT molecular complexity index is 835. The zero-order valence-electron chi connectivity index (χ0n) is 14.6. The lowest BCUT2D eigenvalue weighted by Crippen LogP contribution is -2.13. The summed E-state index contributed by atoms with van der Waals surface area (Å²) in [7, 11) is 0. The van der Waals surface area contributed by atoms with Crippen molar-refractivity contribution >= 4 is 11.7 Å². The monoisotopic (exact) mass is 337 g/mol. The van der Waals surface area contributed by atoms with Crippen LogP contribution in [0.2, 0.25) is 0 Å². The molecule has 0 aliphatic carbocycles. The quantitative estimate of drug-likeness (QED) is 0.721. The molecule has 6 heteroatoms. The van der Waals surface area contributed by atoms with E-state index in [1.54, 1.807) is 0 Å². The molecular weight excluding hydrogens is 314 g/mol. The van der Waals surface area contributed by atoms with Crippen molar-refractivity contribution < 1.29 is 4.79 Å². The normalized spacial score (nSPS) is 10.8. The van der Waals surface area contributed by atoms with E-state index in [4.69, 9.17) is 0 Å². The number of hydrogen-bond acceptors (Lipinski definition) is 3. The molecule has 0 aliphatic heterocycles. The van der Waals surface area contributed by atoms with Gasteiger partial charge in [0.05, 0.1) is 12.2 Å². The summed E-state index contributed by atoms with van der Waals surface area (Å²) in [5, 5.41) is 11.7. The minimum absolute atomic E-state index is 0.0337. The van der Waals surface area contributed by atoms with Crippen LogP contribution in [0.5, 0.6) is 0 Å². The summed E-state index contributed by atoms with van der Waals surface area (Å²) in [5.41, 5.74) is 3.28. The summed E-state index contributed by atoms with van der Waals surface area (Å²) in [6.45, 7) is 5.55. The Labute approximate surface area is 147 Å². The van der Waals surface area contributed by atoms with E-state index in [9.17, 15) is 4.79 Å². The number of amides is 1. The van der Waals surface area contributed by atoms with Crippen LogP contribution in [-0.2, 0) is 24.3 Å². The maximum atomic E-state index is 12.2. The maximum absolute atomic E-state index is 12.2. The van der Waals surface area contributed by atoms with Crippen LogP contribution in [0, 0.1) is 6.92 Å². The zero-order chi connectivity index (χ0) is 17.6. The van der Waals surface area contributed by atoms with E-state index in [2.05, 4.69) is 34.6 Å². The second-order valence-electron chi connectivity index (χ2n) is 6.03. The predicted molar refractivity (Wildman–Crippen MR) is 97.4 cm³/mol. The number of nitrogens with one attached hydrogen (secondary N) is 1. The number of nitrogens with zero attached hydrogens (tertiary/aromatic N) is 4. The van der Waals surface area contributed by atoms with Crippen LogP contribution in [0.15, 0.2) is 48.8 Å². The molecule has 25 heavy (non-hydrogen) atoms. The number of aryl methyl sites for hydroxylation is 3. The zero-order valence-corrected chi connectivity index (χ0v) is 14.6. The molecule has 6 nitrogen and oxygen atoms in total. The third-order valence-corrected chi connectivity index (χ3v) is 4.09. The van der Waals surface area contributed by atoms with E-state index in [1.807, 2.05) is 52.9 Å². The molecule has 0 bridgehead atoms. The maximum Gasteiger partial charge on any atom is 0.225 e. The first kappa shape index (κ1) is 17.0. The van der Waals surface area contributed by atoms with Crippen LogP contribution in [0.1, 0.15) is 30.2 Å². The standard InChI is InChI=1S/C19H23N5O/c1-3-23-14-17(15(2)21-23)9-10-19(25)20-18-11-12-24(22-18)13-16-7-5-4-6-8-16/h4-8,11-12,14H,3,9-10,13H2,1-2H3,(H,20,22,25). The Morgan fingerprint density at radius 1 is 1.12 bits per heavy atom. The van der Waals surface area contributed by atoms with Gasteiger partial charge in [-0.25, -0.2) is 0 Å². The lowest BCUT2D eigenvalue weighted by Gasteiger charge is -2.03. The van der Waals surface area contributed by atoms with Crippen molar-refractivity contribution in [3.05, 3.63) is 65.6 Å². The molecule has 130 valence electrons. The Kier molecular flexibility index (Phi) is 5.28. The van der Waals surface area contributed by atoms with Gasteiger partial charge in [0.25, 0.3) is 0 Å². The number of carbonyl (C=O) groups excluding carboxylic acids is 1. The van der Waals surface area contributed by atoms with Crippen molar-refractivity contribution in [1.82, 2.24) is 19.6 Å². The summed E-state index contributed by atoms with van der Waals surface area (Å²) in [6.07, 6.45) is 4.99. The highest BCUT2D eigenvalue weighted by Crippen LogP contribution is 2.11. The molecule has 0 spiro atoms. The summed E-state index contributed by atoms with van der Waals surface area (Å²) in [5.74, 6) is 0.551. The molecular formula is C19H23N5O. The first-order valence-electron chi connectivity index (χ1n) is 8.54. The fourth-order valence-electron chi connectivity index (χ4n) is 2.71. The van der Waals surface area contributed by atoms with Crippen molar-refractivity contribution in [2.75, 3.05) is 5.32 Å². The van der Waals surface area contributed by atoms with Gasteiger partial charge in [-0.05, 0) is 31.4 Å². The van der Waals surface area contributed by atoms with Crippen LogP contribution in [0.25, 0.3) is 0 Å². The van der Waals surface area contributed by atoms with Gasteiger partial charge in [-0.1, -0.05) is 30.3 Å². The minimum atomic E-state index is -0.0337. The van der Waals surface area contributed by atoms with Crippen LogP contribution in [0.3, 0.4) is 0 Å². The first-order chi connectivity index (χ1) is 12.1. The van der Waals surface area contributed by atoms with Crippen LogP contribution >= 0.6 is 0 Å². The van der Waals surface area contributed by atoms with Crippen LogP contribution in [0.4, 0.5) is 5.82 Å². The van der Waals surface area contributed by atoms with Crippen molar-refractivity contribution in [2.45, 2.75) is 39.8 Å². The summed E-state index contributed by atoms with van der Waals surface area (Å²) < 4.78 is 3.72. The van der Waals surface area contributed by atoms with E-state index in [-0.39, 0.29) is 5.91 Å². The van der Waals surface area contributed by atoms with Crippen LogP contribution < -0.4 is 5.32 Å². The molecule has 0 radical (unpaired) electrons. The van der Waals surface area contributed by atoms with E-state index in [1.165, 1.54) is 5.56 Å². The van der Waals surface area contributed by atoms with Gasteiger partial charge in [0, 0.05) is 31.4 Å². The lowest BCUT2D eigenvalue weighted by atomic mass is 10.1. The molecule has 2 aromatic heterocycles. The predicted octanol–water partition coefficient (Wildman–Crippen LogP) is 3.03. The molecule has 0 saturated carbocycles. The third-order valence-electron chi connectivity index (χ3n) is 4.09. The molecule has 3 rings (SSSR count). The summed E-state index contributed by atoms with van der Waals surface area (Å²) in [4.78, 5) is 12.2. The number of carbonyl (C=O) groups is 1. The Hall–Kier alpha value is -2.89. The molecule has 0 atom stereocenters. The Morgan fingerprint density at radius 3 is 2.64 bits per heavy atom. The van der Waals surface area contributed by atoms with Gasteiger partial charge in [0.15, 0.2) is 5.82 Å². The fourth-order valence-corrected chi connectivity index (χ4v) is 2.71. The molecule has 0 aliphatic rings. The summed E-state index contributed by atoms with van der Waals surface area (Å²) in [6, 6.07) is 11.9. The van der Waals surface area contributed by atoms with Crippen molar-refractivity contribution in [1.29, 1.82) is 0 Å². The topological polar surface area (TPSA) is 64.7 Å². The second-order valence-corrected chi connectivity index (χ2v) is 6.03. The van der Waals surface area contributed by atoms with Gasteiger partial charge in [0.2, 0.25) is 5.91 Å². The number of benzene rings is 1. The Balaban J connectivity index is 1.52. The highest BCUT2D eigenvalue weighted by atomic mass is 16.1. The van der Waals surface area contributed by atoms with Crippen molar-refractivity contribution in [3.8, 4) is 0 Å². The SMILES string of the molecule is CCn1cc(CCC(=O)Nc2ccn(Cc3ccccc3)n2)c(C)n1. The average Bonchev–Trinajstić information content (AvgIpc) is 3.20. The molecule has 0 saturated heterocycles. The van der Waals surface area contributed by atoms with Gasteiger partial charge in [-0.15, -0.1) is 0 Å². The Morgan fingerprint density at radius 2 is 1.92 bits per heavy atom. The van der Waals surface area contributed by atoms with Gasteiger partial charge in [-0.3, -0.25) is 14.2 Å². The van der Waals surface area contributed by atoms with Gasteiger partial charge < -0.3 is 5.32 Å². The second kappa shape index (κ2) is 7.79. The third kappa shape index (κ3) is 4.56. The van der Waals surface area contributed by atoms with Crippen LogP contribution in [-0.4, -0.2) is 25.5 Å².